The minimum absolute atomic E-state index is 0.0697. The van der Waals surface area contributed by atoms with Gasteiger partial charge in [0.05, 0.1) is 6.20 Å². The number of nitrogens with zero attached hydrogens (tertiary/aromatic N) is 4. The number of aromatic nitrogens is 5. The van der Waals surface area contributed by atoms with Crippen LogP contribution in [0.15, 0.2) is 15.4 Å². The molecule has 2 aromatic rings. The Labute approximate surface area is 125 Å². The Kier molecular flexibility index (Phi) is 4.25. The Hall–Kier alpha value is -1.35. The summed E-state index contributed by atoms with van der Waals surface area (Å²) in [6.07, 6.45) is 1.48. The van der Waals surface area contributed by atoms with Crippen LogP contribution in [0.2, 0.25) is 0 Å². The molecule has 19 heavy (non-hydrogen) atoms. The maximum Gasteiger partial charge on any atom is 0.296 e. The predicted octanol–water partition coefficient (Wildman–Crippen LogP) is 2.50. The van der Waals surface area contributed by atoms with Crippen molar-refractivity contribution >= 4 is 43.6 Å². The molecule has 2 heterocycles. The van der Waals surface area contributed by atoms with Gasteiger partial charge in [-0.25, -0.2) is 15.0 Å². The monoisotopic (exact) mass is 388 g/mol. The first-order chi connectivity index (χ1) is 8.97. The highest BCUT2D eigenvalue weighted by atomic mass is 79.9. The molecule has 0 spiro atoms. The van der Waals surface area contributed by atoms with Crippen molar-refractivity contribution in [2.75, 3.05) is 5.32 Å². The summed E-state index contributed by atoms with van der Waals surface area (Å²) in [7, 11) is 0. The topological polar surface area (TPSA) is 96.5 Å². The molecule has 9 heteroatoms. The van der Waals surface area contributed by atoms with Gasteiger partial charge in [0.15, 0.2) is 5.82 Å². The van der Waals surface area contributed by atoms with E-state index in [1.54, 1.807) is 0 Å². The highest BCUT2D eigenvalue weighted by Crippen LogP contribution is 2.19. The first kappa shape index (κ1) is 14.1. The molecule has 0 aromatic carbocycles. The second-order valence-corrected chi connectivity index (χ2v) is 5.55. The van der Waals surface area contributed by atoms with Crippen molar-refractivity contribution < 1.29 is 4.79 Å². The number of rotatable bonds is 3. The van der Waals surface area contributed by atoms with Crippen molar-refractivity contribution in [3.63, 3.8) is 0 Å². The molecule has 0 fully saturated rings. The molecule has 7 nitrogen and oxygen atoms in total. The number of H-pyrrole nitrogens is 1. The fourth-order valence-corrected chi connectivity index (χ4v) is 2.14. The van der Waals surface area contributed by atoms with E-state index in [0.717, 1.165) is 0 Å². The predicted molar refractivity (Wildman–Crippen MR) is 75.9 cm³/mol. The lowest BCUT2D eigenvalue weighted by molar-refractivity contribution is 0.101. The summed E-state index contributed by atoms with van der Waals surface area (Å²) in [5, 5.41) is 9.16. The number of halogens is 2. The lowest BCUT2D eigenvalue weighted by Crippen LogP contribution is -2.15. The molecule has 2 N–H and O–H groups in total. The standard InChI is InChI=1S/C10H10Br2N6O/c1-4(2)7-15-9(18-17-7)10(19)16-8-6(12)14-5(11)3-13-8/h3-4H,1-2H3,(H,13,16,19)(H,15,17,18). The molecular formula is C10H10Br2N6O. The third-order valence-corrected chi connectivity index (χ3v) is 3.12. The zero-order valence-electron chi connectivity index (χ0n) is 10.1. The minimum Gasteiger partial charge on any atom is -0.301 e. The molecule has 0 aliphatic rings. The molecule has 100 valence electrons. The average molecular weight is 390 g/mol. The van der Waals surface area contributed by atoms with Crippen LogP contribution in [0.3, 0.4) is 0 Å². The molecule has 0 radical (unpaired) electrons. The van der Waals surface area contributed by atoms with Crippen LogP contribution in [0.4, 0.5) is 5.82 Å². The van der Waals surface area contributed by atoms with Gasteiger partial charge in [-0.15, -0.1) is 5.10 Å². The molecule has 0 unspecified atom stereocenters. The Morgan fingerprint density at radius 1 is 1.37 bits per heavy atom. The van der Waals surface area contributed by atoms with Crippen molar-refractivity contribution in [1.82, 2.24) is 25.1 Å². The van der Waals surface area contributed by atoms with E-state index in [1.807, 2.05) is 13.8 Å². The minimum atomic E-state index is -0.444. The molecular weight excluding hydrogens is 380 g/mol. The summed E-state index contributed by atoms with van der Waals surface area (Å²) in [5.74, 6) is 0.768. The van der Waals surface area contributed by atoms with Crippen LogP contribution < -0.4 is 5.32 Å². The smallest absolute Gasteiger partial charge is 0.296 e. The van der Waals surface area contributed by atoms with E-state index >= 15 is 0 Å². The third kappa shape index (κ3) is 3.35. The molecule has 0 aliphatic carbocycles. The Balaban J connectivity index is 2.16. The Bertz CT molecular complexity index is 612. The number of amides is 1. The van der Waals surface area contributed by atoms with E-state index in [2.05, 4.69) is 62.3 Å². The maximum absolute atomic E-state index is 11.9. The summed E-state index contributed by atoms with van der Waals surface area (Å²) in [6.45, 7) is 3.91. The third-order valence-electron chi connectivity index (χ3n) is 2.19. The van der Waals surface area contributed by atoms with Crippen LogP contribution in [-0.2, 0) is 0 Å². The fourth-order valence-electron chi connectivity index (χ4n) is 1.23. The summed E-state index contributed by atoms with van der Waals surface area (Å²) in [5.41, 5.74) is 0. The first-order valence-electron chi connectivity index (χ1n) is 5.39. The van der Waals surface area contributed by atoms with Gasteiger partial charge in [-0.2, -0.15) is 0 Å². The molecule has 2 rings (SSSR count). The van der Waals surface area contributed by atoms with Crippen LogP contribution in [0.5, 0.6) is 0 Å². The number of hydrogen-bond donors (Lipinski definition) is 2. The quantitative estimate of drug-likeness (QED) is 0.840. The van der Waals surface area contributed by atoms with E-state index in [0.29, 0.717) is 20.8 Å². The normalized spacial score (nSPS) is 10.8. The summed E-state index contributed by atoms with van der Waals surface area (Å²) in [4.78, 5) is 24.1. The van der Waals surface area contributed by atoms with Crippen LogP contribution in [-0.4, -0.2) is 31.1 Å². The van der Waals surface area contributed by atoms with Gasteiger partial charge in [0.2, 0.25) is 5.82 Å². The highest BCUT2D eigenvalue weighted by Gasteiger charge is 2.16. The van der Waals surface area contributed by atoms with Crippen molar-refractivity contribution in [3.8, 4) is 0 Å². The van der Waals surface area contributed by atoms with Crippen LogP contribution >= 0.6 is 31.9 Å². The summed E-state index contributed by atoms with van der Waals surface area (Å²) < 4.78 is 0.993. The SMILES string of the molecule is CC(C)c1nc(C(=O)Nc2ncc(Br)nc2Br)n[nH]1. The number of carbonyl (C=O) groups excluding carboxylic acids is 1. The Morgan fingerprint density at radius 3 is 2.68 bits per heavy atom. The van der Waals surface area contributed by atoms with E-state index in [9.17, 15) is 4.79 Å². The van der Waals surface area contributed by atoms with Gasteiger partial charge in [0, 0.05) is 5.92 Å². The van der Waals surface area contributed by atoms with Crippen LogP contribution in [0, 0.1) is 0 Å². The number of carbonyl (C=O) groups is 1. The van der Waals surface area contributed by atoms with E-state index in [1.165, 1.54) is 6.20 Å². The van der Waals surface area contributed by atoms with Gasteiger partial charge in [-0.1, -0.05) is 13.8 Å². The summed E-state index contributed by atoms with van der Waals surface area (Å²) in [6, 6.07) is 0. The van der Waals surface area contributed by atoms with Gasteiger partial charge < -0.3 is 5.32 Å². The van der Waals surface area contributed by atoms with Gasteiger partial charge in [-0.3, -0.25) is 9.89 Å². The molecule has 0 aliphatic heterocycles. The van der Waals surface area contributed by atoms with Gasteiger partial charge in [0.1, 0.15) is 15.0 Å². The largest absolute Gasteiger partial charge is 0.301 e. The zero-order chi connectivity index (χ0) is 14.0. The molecule has 0 atom stereocenters. The number of anilines is 1. The molecule has 2 aromatic heterocycles. The molecule has 0 bridgehead atoms. The highest BCUT2D eigenvalue weighted by molar-refractivity contribution is 9.11. The Morgan fingerprint density at radius 2 is 2.11 bits per heavy atom. The van der Waals surface area contributed by atoms with E-state index < -0.39 is 5.91 Å². The van der Waals surface area contributed by atoms with Gasteiger partial charge in [0.25, 0.3) is 5.91 Å². The van der Waals surface area contributed by atoms with Crippen molar-refractivity contribution in [2.24, 2.45) is 0 Å². The number of aromatic amines is 1. The zero-order valence-corrected chi connectivity index (χ0v) is 13.3. The summed E-state index contributed by atoms with van der Waals surface area (Å²) >= 11 is 6.39. The van der Waals surface area contributed by atoms with Crippen molar-refractivity contribution in [2.45, 2.75) is 19.8 Å². The number of hydrogen-bond acceptors (Lipinski definition) is 5. The molecule has 0 saturated heterocycles. The van der Waals surface area contributed by atoms with Gasteiger partial charge in [-0.05, 0) is 31.9 Å². The van der Waals surface area contributed by atoms with Gasteiger partial charge >= 0.3 is 0 Å². The maximum atomic E-state index is 11.9. The van der Waals surface area contributed by atoms with E-state index in [4.69, 9.17) is 0 Å². The second kappa shape index (κ2) is 5.74. The van der Waals surface area contributed by atoms with E-state index in [-0.39, 0.29) is 11.7 Å². The second-order valence-electron chi connectivity index (χ2n) is 3.99. The molecule has 0 saturated carbocycles. The fraction of sp³-hybridized carbons (Fsp3) is 0.300. The van der Waals surface area contributed by atoms with Crippen molar-refractivity contribution in [1.29, 1.82) is 0 Å². The molecule has 1 amide bonds. The lowest BCUT2D eigenvalue weighted by atomic mass is 10.2. The first-order valence-corrected chi connectivity index (χ1v) is 6.97. The van der Waals surface area contributed by atoms with Crippen LogP contribution in [0.25, 0.3) is 0 Å². The van der Waals surface area contributed by atoms with Crippen molar-refractivity contribution in [3.05, 3.63) is 27.1 Å². The lowest BCUT2D eigenvalue weighted by Gasteiger charge is -2.03. The average Bonchev–Trinajstić information content (AvgIpc) is 2.82. The van der Waals surface area contributed by atoms with Crippen LogP contribution in [0.1, 0.15) is 36.2 Å². The number of nitrogens with one attached hydrogen (secondary N) is 2.